The molecule has 1 amide bonds. The maximum atomic E-state index is 13.8. The maximum Gasteiger partial charge on any atom is 0.416 e. The minimum Gasteiger partial charge on any atom is -0.462 e. The van der Waals surface area contributed by atoms with Crippen LogP contribution >= 0.6 is 0 Å². The number of carbonyl (C=O) groups excluding carboxylic acids is 2. The molecule has 240 valence electrons. The number of nitro groups is 1. The van der Waals surface area contributed by atoms with Gasteiger partial charge in [-0.1, -0.05) is 72.8 Å². The van der Waals surface area contributed by atoms with Gasteiger partial charge in [0.25, 0.3) is 5.69 Å². The lowest BCUT2D eigenvalue weighted by Gasteiger charge is -2.35. The molecule has 0 saturated heterocycles. The lowest BCUT2D eigenvalue weighted by Crippen LogP contribution is -2.44. The molecule has 1 fully saturated rings. The van der Waals surface area contributed by atoms with Crippen molar-refractivity contribution >= 4 is 23.6 Å². The third-order valence-electron chi connectivity index (χ3n) is 8.26. The van der Waals surface area contributed by atoms with E-state index in [4.69, 9.17) is 9.47 Å². The van der Waals surface area contributed by atoms with Crippen molar-refractivity contribution in [2.24, 2.45) is 10.9 Å². The number of nitro benzene ring substituents is 1. The predicted octanol–water partition coefficient (Wildman–Crippen LogP) is 6.87. The third-order valence-corrected chi connectivity index (χ3v) is 8.26. The van der Waals surface area contributed by atoms with E-state index in [0.29, 0.717) is 24.7 Å². The zero-order valence-corrected chi connectivity index (χ0v) is 26.3. The Bertz CT molecular complexity index is 1590. The number of aliphatic imine (C=N–C) groups is 1. The van der Waals surface area contributed by atoms with E-state index in [9.17, 15) is 19.7 Å². The first-order valence-electron chi connectivity index (χ1n) is 15.7. The van der Waals surface area contributed by atoms with Gasteiger partial charge < -0.3 is 9.47 Å². The number of amides is 1. The van der Waals surface area contributed by atoms with E-state index in [2.05, 4.69) is 34.2 Å². The highest BCUT2D eigenvalue weighted by Gasteiger charge is 2.42. The van der Waals surface area contributed by atoms with Crippen LogP contribution in [0.3, 0.4) is 0 Å². The minimum absolute atomic E-state index is 0.0779. The Labute approximate surface area is 269 Å². The summed E-state index contributed by atoms with van der Waals surface area (Å²) in [5.41, 5.74) is 2.82. The summed E-state index contributed by atoms with van der Waals surface area (Å²) >= 11 is 0. The summed E-state index contributed by atoms with van der Waals surface area (Å²) in [6, 6.07) is 25.4. The molecule has 0 bridgehead atoms. The van der Waals surface area contributed by atoms with Crippen LogP contribution < -0.4 is 0 Å². The number of allylic oxidation sites excluding steroid dienone is 1. The number of esters is 1. The zero-order chi connectivity index (χ0) is 32.5. The molecule has 1 aliphatic carbocycles. The monoisotopic (exact) mass is 624 g/mol. The van der Waals surface area contributed by atoms with Gasteiger partial charge in [0.05, 0.1) is 28.4 Å². The van der Waals surface area contributed by atoms with Crippen LogP contribution in [-0.4, -0.2) is 58.9 Å². The first kappa shape index (κ1) is 32.6. The smallest absolute Gasteiger partial charge is 0.416 e. The van der Waals surface area contributed by atoms with Crippen molar-refractivity contribution in [1.82, 2.24) is 9.80 Å². The zero-order valence-electron chi connectivity index (χ0n) is 26.3. The van der Waals surface area contributed by atoms with E-state index in [0.717, 1.165) is 37.8 Å². The van der Waals surface area contributed by atoms with E-state index in [1.165, 1.54) is 16.5 Å². The fourth-order valence-corrected chi connectivity index (χ4v) is 5.70. The van der Waals surface area contributed by atoms with Crippen molar-refractivity contribution in [3.8, 4) is 0 Å². The van der Waals surface area contributed by atoms with Crippen LogP contribution in [0.25, 0.3) is 0 Å². The topological polar surface area (TPSA) is 115 Å². The SMILES string of the molecule is CC1=NC(C)=C(C(=O)OCC2CC2)C(c2ccccc2[N+](=O)[O-])N1C(=O)OCCN(CCCc1ccccc1)Cc1ccccc1. The van der Waals surface area contributed by atoms with Gasteiger partial charge >= 0.3 is 12.1 Å². The molecular weight excluding hydrogens is 584 g/mol. The van der Waals surface area contributed by atoms with Crippen LogP contribution in [0.4, 0.5) is 10.5 Å². The van der Waals surface area contributed by atoms with E-state index >= 15 is 0 Å². The fraction of sp³-hybridized carbons (Fsp3) is 0.361. The molecule has 1 saturated carbocycles. The Kier molecular flexibility index (Phi) is 10.9. The van der Waals surface area contributed by atoms with Crippen molar-refractivity contribution < 1.29 is 24.0 Å². The van der Waals surface area contributed by atoms with Gasteiger partial charge in [0.2, 0.25) is 0 Å². The summed E-state index contributed by atoms with van der Waals surface area (Å²) < 4.78 is 11.4. The third kappa shape index (κ3) is 8.45. The lowest BCUT2D eigenvalue weighted by atomic mass is 9.93. The summed E-state index contributed by atoms with van der Waals surface area (Å²) in [6.45, 7) is 5.57. The molecular formula is C36H40N4O6. The molecule has 1 aliphatic heterocycles. The normalized spacial score (nSPS) is 16.3. The maximum absolute atomic E-state index is 13.8. The van der Waals surface area contributed by atoms with Crippen LogP contribution in [0.2, 0.25) is 0 Å². The predicted molar refractivity (Wildman–Crippen MR) is 175 cm³/mol. The number of benzene rings is 3. The number of aryl methyl sites for hydroxylation is 1. The van der Waals surface area contributed by atoms with Crippen LogP contribution in [0.15, 0.2) is 101 Å². The molecule has 10 nitrogen and oxygen atoms in total. The van der Waals surface area contributed by atoms with Crippen molar-refractivity contribution in [1.29, 1.82) is 0 Å². The summed E-state index contributed by atoms with van der Waals surface area (Å²) in [7, 11) is 0. The van der Waals surface area contributed by atoms with Crippen LogP contribution in [0, 0.1) is 16.0 Å². The van der Waals surface area contributed by atoms with Gasteiger partial charge in [-0.25, -0.2) is 14.6 Å². The molecule has 1 unspecified atom stereocenters. The average molecular weight is 625 g/mol. The molecule has 10 heteroatoms. The highest BCUT2D eigenvalue weighted by atomic mass is 16.6. The molecule has 0 spiro atoms. The second-order valence-electron chi connectivity index (χ2n) is 11.8. The molecule has 1 atom stereocenters. The molecule has 5 rings (SSSR count). The molecule has 3 aromatic rings. The number of para-hydroxylation sites is 1. The first-order valence-corrected chi connectivity index (χ1v) is 15.7. The van der Waals surface area contributed by atoms with Crippen LogP contribution in [0.5, 0.6) is 0 Å². The number of hydrogen-bond acceptors (Lipinski definition) is 8. The van der Waals surface area contributed by atoms with Gasteiger partial charge in [0, 0.05) is 19.2 Å². The van der Waals surface area contributed by atoms with Gasteiger partial charge in [-0.05, 0) is 69.2 Å². The Morgan fingerprint density at radius 2 is 1.57 bits per heavy atom. The molecule has 0 N–H and O–H groups in total. The average Bonchev–Trinajstić information content (AvgIpc) is 3.89. The lowest BCUT2D eigenvalue weighted by molar-refractivity contribution is -0.385. The van der Waals surface area contributed by atoms with Crippen LogP contribution in [0.1, 0.15) is 55.8 Å². The van der Waals surface area contributed by atoms with E-state index in [1.54, 1.807) is 32.0 Å². The molecule has 1 heterocycles. The van der Waals surface area contributed by atoms with Crippen molar-refractivity contribution in [3.63, 3.8) is 0 Å². The summed E-state index contributed by atoms with van der Waals surface area (Å²) in [5.74, 6) is -0.0572. The first-order chi connectivity index (χ1) is 22.3. The van der Waals surface area contributed by atoms with E-state index < -0.39 is 23.0 Å². The number of rotatable bonds is 14. The quantitative estimate of drug-likeness (QED) is 0.109. The summed E-state index contributed by atoms with van der Waals surface area (Å²) in [4.78, 5) is 46.8. The number of hydrogen-bond donors (Lipinski definition) is 0. The van der Waals surface area contributed by atoms with Crippen molar-refractivity contribution in [3.05, 3.63) is 123 Å². The molecule has 0 aromatic heterocycles. The van der Waals surface area contributed by atoms with Gasteiger partial charge in [0.1, 0.15) is 18.5 Å². The number of carbonyl (C=O) groups is 2. The number of ether oxygens (including phenoxy) is 2. The number of amidine groups is 1. The van der Waals surface area contributed by atoms with Gasteiger partial charge in [-0.2, -0.15) is 0 Å². The number of nitrogens with zero attached hydrogens (tertiary/aromatic N) is 4. The van der Waals surface area contributed by atoms with Gasteiger partial charge in [0.15, 0.2) is 0 Å². The standard InChI is InChI=1S/C36H40N4O6/c1-26-33(35(41)46-25-30-19-20-30)34(31-17-9-10-18-32(31)40(43)44)39(27(2)37-26)36(42)45-23-22-38(24-29-14-7-4-8-15-29)21-11-16-28-12-5-3-6-13-28/h3-10,12-15,17-18,30,34H,11,16,19-25H2,1-2H3. The second-order valence-corrected chi connectivity index (χ2v) is 11.8. The second kappa shape index (κ2) is 15.4. The highest BCUT2D eigenvalue weighted by molar-refractivity contribution is 6.01. The molecule has 46 heavy (non-hydrogen) atoms. The largest absolute Gasteiger partial charge is 0.462 e. The fourth-order valence-electron chi connectivity index (χ4n) is 5.70. The van der Waals surface area contributed by atoms with Crippen molar-refractivity contribution in [2.75, 3.05) is 26.3 Å². The Hall–Kier alpha value is -4.83. The molecule has 2 aliphatic rings. The Morgan fingerprint density at radius 3 is 2.24 bits per heavy atom. The Morgan fingerprint density at radius 1 is 0.913 bits per heavy atom. The van der Waals surface area contributed by atoms with Crippen molar-refractivity contribution in [2.45, 2.75) is 52.1 Å². The summed E-state index contributed by atoms with van der Waals surface area (Å²) in [6.07, 6.45) is 3.09. The molecule has 0 radical (unpaired) electrons. The molecule has 3 aromatic carbocycles. The Balaban J connectivity index is 1.33. The van der Waals surface area contributed by atoms with Crippen LogP contribution in [-0.2, 0) is 27.2 Å². The van der Waals surface area contributed by atoms with Gasteiger partial charge in [-0.3, -0.25) is 19.9 Å². The summed E-state index contributed by atoms with van der Waals surface area (Å²) in [5, 5.41) is 12.1. The van der Waals surface area contributed by atoms with Gasteiger partial charge in [-0.15, -0.1) is 0 Å². The minimum atomic E-state index is -1.13. The van der Waals surface area contributed by atoms with E-state index in [-0.39, 0.29) is 35.9 Å². The highest BCUT2D eigenvalue weighted by Crippen LogP contribution is 2.40. The van der Waals surface area contributed by atoms with E-state index in [1.807, 2.05) is 36.4 Å².